The van der Waals surface area contributed by atoms with E-state index in [9.17, 15) is 8.60 Å². The summed E-state index contributed by atoms with van der Waals surface area (Å²) in [6.45, 7) is 0. The van der Waals surface area contributed by atoms with Crippen LogP contribution in [0.4, 0.5) is 4.39 Å². The van der Waals surface area contributed by atoms with Crippen molar-refractivity contribution in [3.05, 3.63) is 35.9 Å². The first-order valence-corrected chi connectivity index (χ1v) is 4.17. The fourth-order valence-corrected chi connectivity index (χ4v) is 1.11. The van der Waals surface area contributed by atoms with Crippen LogP contribution in [0.25, 0.3) is 0 Å². The molecule has 0 radical (unpaired) electrons. The monoisotopic (exact) mass is 174 g/mol. The Labute approximate surface area is 66.3 Å². The molecule has 1 aromatic rings. The molecule has 0 saturated heterocycles. The first-order valence-electron chi connectivity index (χ1n) is 3.00. The third-order valence-electron chi connectivity index (χ3n) is 1.24. The lowest BCUT2D eigenvalue weighted by atomic mass is 10.2. The van der Waals surface area contributed by atoms with Gasteiger partial charge in [-0.1, -0.05) is 30.3 Å². The highest BCUT2D eigenvalue weighted by molar-refractivity contribution is 7.79. The SMILES string of the molecule is O=S(O)C(F)c1ccccc1. The molecule has 0 spiro atoms. The van der Waals surface area contributed by atoms with Crippen LogP contribution in [0.1, 0.15) is 11.1 Å². The molecule has 0 fully saturated rings. The van der Waals surface area contributed by atoms with Crippen molar-refractivity contribution in [2.75, 3.05) is 0 Å². The molecule has 2 nitrogen and oxygen atoms in total. The molecule has 1 N–H and O–H groups in total. The van der Waals surface area contributed by atoms with Crippen LogP contribution in [-0.2, 0) is 11.1 Å². The Morgan fingerprint density at radius 3 is 2.36 bits per heavy atom. The Kier molecular flexibility index (Phi) is 2.73. The van der Waals surface area contributed by atoms with E-state index < -0.39 is 16.6 Å². The van der Waals surface area contributed by atoms with Crippen molar-refractivity contribution in [2.24, 2.45) is 0 Å². The largest absolute Gasteiger partial charge is 0.304 e. The molecule has 11 heavy (non-hydrogen) atoms. The van der Waals surface area contributed by atoms with Crippen LogP contribution in [0.2, 0.25) is 0 Å². The van der Waals surface area contributed by atoms with E-state index in [1.54, 1.807) is 18.2 Å². The Bertz CT molecular complexity index is 250. The Balaban J connectivity index is 2.85. The lowest BCUT2D eigenvalue weighted by Gasteiger charge is -2.01. The summed E-state index contributed by atoms with van der Waals surface area (Å²) in [5.41, 5.74) is -1.57. The van der Waals surface area contributed by atoms with Gasteiger partial charge in [-0.15, -0.1) is 0 Å². The minimum Gasteiger partial charge on any atom is -0.304 e. The number of hydrogen-bond donors (Lipinski definition) is 1. The lowest BCUT2D eigenvalue weighted by molar-refractivity contribution is 0.419. The molecule has 0 aromatic heterocycles. The van der Waals surface area contributed by atoms with Gasteiger partial charge in [0.2, 0.25) is 5.50 Å². The van der Waals surface area contributed by atoms with Crippen LogP contribution in [0, 0.1) is 0 Å². The fraction of sp³-hybridized carbons (Fsp3) is 0.143. The molecule has 0 bridgehead atoms. The van der Waals surface area contributed by atoms with E-state index in [1.807, 2.05) is 0 Å². The van der Waals surface area contributed by atoms with Crippen molar-refractivity contribution in [1.29, 1.82) is 0 Å². The molecular formula is C7H7FO2S. The van der Waals surface area contributed by atoms with Gasteiger partial charge in [0, 0.05) is 5.56 Å². The van der Waals surface area contributed by atoms with E-state index in [0.29, 0.717) is 0 Å². The van der Waals surface area contributed by atoms with Crippen LogP contribution in [0.15, 0.2) is 30.3 Å². The standard InChI is InChI=1S/C7H7FO2S/c8-7(11(9)10)6-4-2-1-3-5-6/h1-5,7H,(H,9,10). The first kappa shape index (κ1) is 8.36. The smallest absolute Gasteiger partial charge is 0.225 e. The molecule has 60 valence electrons. The van der Waals surface area contributed by atoms with Gasteiger partial charge in [0.1, 0.15) is 0 Å². The summed E-state index contributed by atoms with van der Waals surface area (Å²) in [7, 11) is 0. The van der Waals surface area contributed by atoms with Crippen molar-refractivity contribution < 1.29 is 13.2 Å². The quantitative estimate of drug-likeness (QED) is 0.695. The molecule has 0 aliphatic rings. The Morgan fingerprint density at radius 1 is 1.36 bits per heavy atom. The summed E-state index contributed by atoms with van der Waals surface area (Å²) in [6, 6.07) is 7.90. The second-order valence-corrected chi connectivity index (χ2v) is 2.97. The molecule has 2 atom stereocenters. The third-order valence-corrected chi connectivity index (χ3v) is 1.86. The zero-order chi connectivity index (χ0) is 8.27. The highest BCUT2D eigenvalue weighted by atomic mass is 32.2. The molecule has 0 aliphatic carbocycles. The summed E-state index contributed by atoms with van der Waals surface area (Å²) >= 11 is -2.43. The van der Waals surface area contributed by atoms with E-state index in [2.05, 4.69) is 0 Å². The van der Waals surface area contributed by atoms with Crippen molar-refractivity contribution in [1.82, 2.24) is 0 Å². The van der Waals surface area contributed by atoms with Crippen molar-refractivity contribution in [2.45, 2.75) is 5.50 Å². The summed E-state index contributed by atoms with van der Waals surface area (Å²) < 4.78 is 31.3. The highest BCUT2D eigenvalue weighted by Gasteiger charge is 2.14. The van der Waals surface area contributed by atoms with E-state index in [1.165, 1.54) is 12.1 Å². The van der Waals surface area contributed by atoms with Crippen LogP contribution in [0.3, 0.4) is 0 Å². The first-order chi connectivity index (χ1) is 5.22. The zero-order valence-electron chi connectivity index (χ0n) is 5.61. The minimum absolute atomic E-state index is 0.230. The number of hydrogen-bond acceptors (Lipinski definition) is 1. The summed E-state index contributed by atoms with van der Waals surface area (Å²) in [5, 5.41) is 0. The minimum atomic E-state index is -2.43. The average Bonchev–Trinajstić information content (AvgIpc) is 2.05. The maximum Gasteiger partial charge on any atom is 0.225 e. The molecular weight excluding hydrogens is 167 g/mol. The lowest BCUT2D eigenvalue weighted by Crippen LogP contribution is -1.98. The van der Waals surface area contributed by atoms with Crippen molar-refractivity contribution in [3.8, 4) is 0 Å². The predicted octanol–water partition coefficient (Wildman–Crippen LogP) is 1.88. The van der Waals surface area contributed by atoms with E-state index in [-0.39, 0.29) is 5.56 Å². The van der Waals surface area contributed by atoms with Gasteiger partial charge >= 0.3 is 0 Å². The van der Waals surface area contributed by atoms with E-state index in [0.717, 1.165) is 0 Å². The van der Waals surface area contributed by atoms with Gasteiger partial charge in [-0.25, -0.2) is 8.60 Å². The van der Waals surface area contributed by atoms with Crippen LogP contribution in [-0.4, -0.2) is 8.76 Å². The van der Waals surface area contributed by atoms with Gasteiger partial charge in [0.25, 0.3) is 0 Å². The fourth-order valence-electron chi connectivity index (χ4n) is 0.721. The molecule has 0 saturated carbocycles. The highest BCUT2D eigenvalue weighted by Crippen LogP contribution is 2.18. The number of halogens is 1. The Morgan fingerprint density at radius 2 is 1.91 bits per heavy atom. The number of benzene rings is 1. The van der Waals surface area contributed by atoms with Gasteiger partial charge in [0.15, 0.2) is 11.1 Å². The molecule has 2 unspecified atom stereocenters. The van der Waals surface area contributed by atoms with Crippen molar-refractivity contribution in [3.63, 3.8) is 0 Å². The van der Waals surface area contributed by atoms with Crippen LogP contribution < -0.4 is 0 Å². The zero-order valence-corrected chi connectivity index (χ0v) is 6.42. The molecule has 0 aliphatic heterocycles. The number of rotatable bonds is 2. The maximum atomic E-state index is 12.7. The normalized spacial score (nSPS) is 15.8. The second-order valence-electron chi connectivity index (χ2n) is 2.00. The van der Waals surface area contributed by atoms with Crippen LogP contribution in [0.5, 0.6) is 0 Å². The van der Waals surface area contributed by atoms with E-state index in [4.69, 9.17) is 4.55 Å². The summed E-state index contributed by atoms with van der Waals surface area (Å²) in [5.74, 6) is 0. The number of alkyl halides is 1. The van der Waals surface area contributed by atoms with Crippen LogP contribution >= 0.6 is 0 Å². The van der Waals surface area contributed by atoms with Gasteiger partial charge in [-0.05, 0) is 0 Å². The van der Waals surface area contributed by atoms with Gasteiger partial charge < -0.3 is 4.55 Å². The van der Waals surface area contributed by atoms with Crippen molar-refractivity contribution >= 4 is 11.1 Å². The molecule has 4 heteroatoms. The van der Waals surface area contributed by atoms with Gasteiger partial charge in [0.05, 0.1) is 0 Å². The predicted molar refractivity (Wildman–Crippen MR) is 41.1 cm³/mol. The van der Waals surface area contributed by atoms with E-state index >= 15 is 0 Å². The van der Waals surface area contributed by atoms with Gasteiger partial charge in [-0.2, -0.15) is 0 Å². The molecule has 1 aromatic carbocycles. The summed E-state index contributed by atoms with van der Waals surface area (Å²) in [6.07, 6.45) is 0. The summed E-state index contributed by atoms with van der Waals surface area (Å²) in [4.78, 5) is 0. The third kappa shape index (κ3) is 2.10. The molecule has 0 heterocycles. The maximum absolute atomic E-state index is 12.7. The Hall–Kier alpha value is -0.740. The topological polar surface area (TPSA) is 37.3 Å². The average molecular weight is 174 g/mol. The second kappa shape index (κ2) is 3.59. The molecule has 1 rings (SSSR count). The van der Waals surface area contributed by atoms with Gasteiger partial charge in [-0.3, -0.25) is 0 Å². The molecule has 0 amide bonds.